The minimum absolute atomic E-state index is 0.0217. The smallest absolute Gasteiger partial charge is 0.312 e. The maximum Gasteiger partial charge on any atom is 0.312 e. The van der Waals surface area contributed by atoms with Crippen LogP contribution in [0.4, 0.5) is 4.79 Å². The van der Waals surface area contributed by atoms with E-state index in [1.807, 2.05) is 13.8 Å². The van der Waals surface area contributed by atoms with Crippen molar-refractivity contribution in [2.75, 3.05) is 13.1 Å². The van der Waals surface area contributed by atoms with Crippen molar-refractivity contribution >= 4 is 11.9 Å². The van der Waals surface area contributed by atoms with Crippen LogP contribution in [0.2, 0.25) is 0 Å². The molecule has 1 aliphatic heterocycles. The zero-order chi connectivity index (χ0) is 12.3. The van der Waals surface area contributed by atoms with Gasteiger partial charge in [0.25, 0.3) is 0 Å². The third-order valence-electron chi connectivity index (χ3n) is 2.46. The monoisotopic (exact) mass is 229 g/mol. The van der Waals surface area contributed by atoms with Crippen LogP contribution < -0.4 is 11.1 Å². The van der Waals surface area contributed by atoms with Crippen LogP contribution in [0.5, 0.6) is 0 Å². The molecule has 1 saturated heterocycles. The molecule has 0 aromatic carbocycles. The van der Waals surface area contributed by atoms with Crippen LogP contribution in [0.15, 0.2) is 0 Å². The Morgan fingerprint density at radius 2 is 1.88 bits per heavy atom. The first-order chi connectivity index (χ1) is 7.40. The molecule has 0 aromatic heterocycles. The molecule has 3 unspecified atom stereocenters. The second kappa shape index (κ2) is 5.16. The molecule has 3 N–H and O–H groups in total. The summed E-state index contributed by atoms with van der Waals surface area (Å²) < 4.78 is 5.52. The van der Waals surface area contributed by atoms with Gasteiger partial charge in [-0.25, -0.2) is 4.79 Å². The number of morpholine rings is 1. The number of nitrogens with one attached hydrogen (secondary N) is 1. The minimum Gasteiger partial charge on any atom is -0.372 e. The largest absolute Gasteiger partial charge is 0.372 e. The Labute approximate surface area is 95.1 Å². The molecule has 0 bridgehead atoms. The number of nitrogens with zero attached hydrogens (tertiary/aromatic N) is 1. The quantitative estimate of drug-likeness (QED) is 0.680. The molecule has 3 amide bonds. The van der Waals surface area contributed by atoms with Gasteiger partial charge in [0.1, 0.15) is 6.04 Å². The lowest BCUT2D eigenvalue weighted by Gasteiger charge is -2.36. The first-order valence-corrected chi connectivity index (χ1v) is 5.40. The van der Waals surface area contributed by atoms with Crippen molar-refractivity contribution in [3.63, 3.8) is 0 Å². The van der Waals surface area contributed by atoms with Crippen molar-refractivity contribution in [3.8, 4) is 0 Å². The van der Waals surface area contributed by atoms with Gasteiger partial charge in [-0.1, -0.05) is 0 Å². The van der Waals surface area contributed by atoms with Crippen LogP contribution in [-0.4, -0.2) is 48.2 Å². The summed E-state index contributed by atoms with van der Waals surface area (Å²) in [5.74, 6) is -0.124. The summed E-state index contributed by atoms with van der Waals surface area (Å²) in [6.45, 7) is 6.56. The Hall–Kier alpha value is -1.30. The third-order valence-corrected chi connectivity index (χ3v) is 2.46. The number of hydrogen-bond acceptors (Lipinski definition) is 3. The lowest BCUT2D eigenvalue weighted by molar-refractivity contribution is -0.144. The molecule has 1 rings (SSSR count). The zero-order valence-electron chi connectivity index (χ0n) is 9.90. The van der Waals surface area contributed by atoms with Gasteiger partial charge < -0.3 is 20.7 Å². The predicted octanol–water partition coefficient (Wildman–Crippen LogP) is -0.321. The van der Waals surface area contributed by atoms with Crippen LogP contribution >= 0.6 is 0 Å². The number of hydrogen-bond donors (Lipinski definition) is 2. The fourth-order valence-electron chi connectivity index (χ4n) is 1.91. The van der Waals surface area contributed by atoms with Gasteiger partial charge in [0.05, 0.1) is 12.2 Å². The summed E-state index contributed by atoms with van der Waals surface area (Å²) in [5, 5.41) is 2.38. The lowest BCUT2D eigenvalue weighted by atomic mass is 10.2. The summed E-state index contributed by atoms with van der Waals surface area (Å²) in [7, 11) is 0. The first-order valence-electron chi connectivity index (χ1n) is 5.40. The average Bonchev–Trinajstić information content (AvgIpc) is 2.13. The molecule has 0 saturated carbocycles. The van der Waals surface area contributed by atoms with Gasteiger partial charge in [0, 0.05) is 13.1 Å². The topological polar surface area (TPSA) is 84.7 Å². The van der Waals surface area contributed by atoms with Crippen molar-refractivity contribution in [1.82, 2.24) is 10.2 Å². The van der Waals surface area contributed by atoms with Crippen molar-refractivity contribution in [3.05, 3.63) is 0 Å². The predicted molar refractivity (Wildman–Crippen MR) is 58.8 cm³/mol. The molecule has 16 heavy (non-hydrogen) atoms. The van der Waals surface area contributed by atoms with E-state index in [1.165, 1.54) is 0 Å². The number of carbonyl (C=O) groups excluding carboxylic acids is 2. The second-order valence-corrected chi connectivity index (χ2v) is 4.23. The third kappa shape index (κ3) is 3.37. The maximum atomic E-state index is 11.9. The Kier molecular flexibility index (Phi) is 4.12. The fourth-order valence-corrected chi connectivity index (χ4v) is 1.91. The molecule has 1 aliphatic rings. The molecule has 0 aliphatic carbocycles. The van der Waals surface area contributed by atoms with Crippen molar-refractivity contribution < 1.29 is 14.3 Å². The van der Waals surface area contributed by atoms with Crippen molar-refractivity contribution in [1.29, 1.82) is 0 Å². The molecule has 6 nitrogen and oxygen atoms in total. The summed E-state index contributed by atoms with van der Waals surface area (Å²) in [4.78, 5) is 24.3. The van der Waals surface area contributed by atoms with E-state index in [4.69, 9.17) is 10.5 Å². The van der Waals surface area contributed by atoms with Crippen LogP contribution in [0.25, 0.3) is 0 Å². The molecular formula is C10H19N3O3. The van der Waals surface area contributed by atoms with E-state index in [2.05, 4.69) is 5.32 Å². The number of primary amides is 1. The highest BCUT2D eigenvalue weighted by Gasteiger charge is 2.28. The van der Waals surface area contributed by atoms with E-state index >= 15 is 0 Å². The Balaban J connectivity index is 2.55. The average molecular weight is 229 g/mol. The minimum atomic E-state index is -0.685. The van der Waals surface area contributed by atoms with E-state index in [1.54, 1.807) is 11.8 Å². The van der Waals surface area contributed by atoms with Crippen LogP contribution in [-0.2, 0) is 9.53 Å². The van der Waals surface area contributed by atoms with Gasteiger partial charge in [0.15, 0.2) is 0 Å². The molecule has 3 atom stereocenters. The highest BCUT2D eigenvalue weighted by molar-refractivity contribution is 5.86. The van der Waals surface area contributed by atoms with Gasteiger partial charge >= 0.3 is 6.03 Å². The number of nitrogens with two attached hydrogens (primary N) is 1. The molecular weight excluding hydrogens is 210 g/mol. The fraction of sp³-hybridized carbons (Fsp3) is 0.800. The zero-order valence-corrected chi connectivity index (χ0v) is 9.90. The summed E-state index contributed by atoms with van der Waals surface area (Å²) in [5.41, 5.74) is 4.97. The number of amides is 3. The summed E-state index contributed by atoms with van der Waals surface area (Å²) in [6.07, 6.45) is 0.0435. The molecule has 1 heterocycles. The lowest BCUT2D eigenvalue weighted by Crippen LogP contribution is -2.54. The summed E-state index contributed by atoms with van der Waals surface area (Å²) >= 11 is 0. The Morgan fingerprint density at radius 3 is 2.31 bits per heavy atom. The van der Waals surface area contributed by atoms with Gasteiger partial charge in [-0.2, -0.15) is 0 Å². The molecule has 92 valence electrons. The highest BCUT2D eigenvalue weighted by atomic mass is 16.5. The van der Waals surface area contributed by atoms with E-state index < -0.39 is 12.1 Å². The highest BCUT2D eigenvalue weighted by Crippen LogP contribution is 2.11. The second-order valence-electron chi connectivity index (χ2n) is 4.23. The van der Waals surface area contributed by atoms with Crippen molar-refractivity contribution in [2.45, 2.75) is 39.0 Å². The standard InChI is InChI=1S/C10H19N3O3/c1-6-4-13(5-7(2)16-6)9(14)8(3)12-10(11)15/h6-8H,4-5H2,1-3H3,(H3,11,12,15). The first kappa shape index (κ1) is 12.8. The Morgan fingerprint density at radius 1 is 1.38 bits per heavy atom. The SMILES string of the molecule is CC1CN(C(=O)C(C)NC(N)=O)CC(C)O1. The number of carbonyl (C=O) groups is 2. The van der Waals surface area contributed by atoms with Gasteiger partial charge in [-0.05, 0) is 20.8 Å². The molecule has 0 aromatic rings. The number of urea groups is 1. The van der Waals surface area contributed by atoms with E-state index in [0.29, 0.717) is 13.1 Å². The van der Waals surface area contributed by atoms with Gasteiger partial charge in [-0.3, -0.25) is 4.79 Å². The number of rotatable bonds is 2. The van der Waals surface area contributed by atoms with E-state index in [-0.39, 0.29) is 18.1 Å². The number of ether oxygens (including phenoxy) is 1. The van der Waals surface area contributed by atoms with E-state index in [9.17, 15) is 9.59 Å². The van der Waals surface area contributed by atoms with Gasteiger partial charge in [0.2, 0.25) is 5.91 Å². The molecule has 6 heteroatoms. The van der Waals surface area contributed by atoms with Crippen LogP contribution in [0.1, 0.15) is 20.8 Å². The van der Waals surface area contributed by atoms with Gasteiger partial charge in [-0.15, -0.1) is 0 Å². The van der Waals surface area contributed by atoms with Crippen LogP contribution in [0, 0.1) is 0 Å². The van der Waals surface area contributed by atoms with Crippen molar-refractivity contribution in [2.24, 2.45) is 5.73 Å². The molecule has 1 fully saturated rings. The Bertz CT molecular complexity index is 272. The summed E-state index contributed by atoms with van der Waals surface area (Å²) in [6, 6.07) is -1.27. The van der Waals surface area contributed by atoms with Crippen LogP contribution in [0.3, 0.4) is 0 Å². The normalized spacial score (nSPS) is 27.3. The van der Waals surface area contributed by atoms with E-state index in [0.717, 1.165) is 0 Å². The molecule has 0 radical (unpaired) electrons. The molecule has 0 spiro atoms. The maximum absolute atomic E-state index is 11.9.